The maximum atomic E-state index is 6.96. The fourth-order valence-electron chi connectivity index (χ4n) is 6.13. The lowest BCUT2D eigenvalue weighted by Gasteiger charge is -2.37. The Morgan fingerprint density at radius 2 is 0.481 bits per heavy atom. The average Bonchev–Trinajstić information content (AvgIpc) is 3.24. The summed E-state index contributed by atoms with van der Waals surface area (Å²) < 4.78 is 40.4. The topological polar surface area (TPSA) is 55.4 Å². The van der Waals surface area contributed by atoms with Crippen molar-refractivity contribution in [1.82, 2.24) is 0 Å². The minimum absolute atomic E-state index is 0.267. The largest absolute Gasteiger partial charge is 0.374 e. The Kier molecular flexibility index (Phi) is 16.0. The zero-order chi connectivity index (χ0) is 36.9. The molecule has 0 heterocycles. The predicted molar refractivity (Wildman–Crippen MR) is 212 cm³/mol. The summed E-state index contributed by atoms with van der Waals surface area (Å²) in [6.07, 6.45) is -2.30. The smallest absolute Gasteiger partial charge is 0.115 e. The van der Waals surface area contributed by atoms with E-state index < -0.39 is 24.4 Å². The van der Waals surface area contributed by atoms with E-state index in [-0.39, 0.29) is 13.2 Å². The molecule has 6 nitrogen and oxygen atoms in total. The molecule has 6 rings (SSSR count). The van der Waals surface area contributed by atoms with Crippen LogP contribution in [-0.4, -0.2) is 37.6 Å². The normalized spacial score (nSPS) is 13.6. The van der Waals surface area contributed by atoms with Crippen LogP contribution < -0.4 is 0 Å². The van der Waals surface area contributed by atoms with Gasteiger partial charge in [0.05, 0.1) is 52.9 Å². The van der Waals surface area contributed by atoms with Crippen molar-refractivity contribution < 1.29 is 28.4 Å². The van der Waals surface area contributed by atoms with Gasteiger partial charge in [-0.1, -0.05) is 182 Å². The van der Waals surface area contributed by atoms with Crippen LogP contribution in [0.4, 0.5) is 0 Å². The molecule has 0 aliphatic rings. The van der Waals surface area contributed by atoms with Crippen LogP contribution in [-0.2, 0) is 68.1 Å². The Balaban J connectivity index is 1.34. The van der Waals surface area contributed by atoms with Crippen molar-refractivity contribution in [2.75, 3.05) is 13.2 Å². The quantitative estimate of drug-likeness (QED) is 0.0657. The molecule has 6 aromatic rings. The molecular formula is C48H50O6. The molecule has 4 atom stereocenters. The number of benzene rings is 6. The minimum atomic E-state index is -0.616. The maximum Gasteiger partial charge on any atom is 0.115 e. The van der Waals surface area contributed by atoms with Crippen LogP contribution >= 0.6 is 0 Å². The van der Waals surface area contributed by atoms with Crippen molar-refractivity contribution in [3.8, 4) is 0 Å². The lowest BCUT2D eigenvalue weighted by Crippen LogP contribution is -2.52. The van der Waals surface area contributed by atoms with Crippen molar-refractivity contribution in [2.45, 2.75) is 64.1 Å². The molecule has 0 saturated carbocycles. The van der Waals surface area contributed by atoms with Crippen molar-refractivity contribution in [3.63, 3.8) is 0 Å². The van der Waals surface area contributed by atoms with Gasteiger partial charge < -0.3 is 28.4 Å². The van der Waals surface area contributed by atoms with E-state index >= 15 is 0 Å². The van der Waals surface area contributed by atoms with Crippen LogP contribution in [0.25, 0.3) is 0 Å². The molecule has 0 aliphatic heterocycles. The standard InChI is InChI=1S/C48H50O6/c1-7-19-39(20-8-1)31-49-37-45(51-33-41-23-11-3-12-24-41)47(53-35-43-27-15-5-16-28-43)48(54-36-44-29-17-6-18-30-44)46(52-34-42-25-13-4-14-26-42)38-50-32-40-21-9-2-10-22-40/h1-30,45-48H,31-38H2/t45-,46-,47-,48-/m0/s1. The number of hydrogen-bond donors (Lipinski definition) is 0. The fraction of sp³-hybridized carbons (Fsp3) is 0.250. The summed E-state index contributed by atoms with van der Waals surface area (Å²) in [5.41, 5.74) is 6.35. The van der Waals surface area contributed by atoms with E-state index in [1.54, 1.807) is 0 Å². The molecule has 0 aromatic heterocycles. The van der Waals surface area contributed by atoms with Gasteiger partial charge in [-0.25, -0.2) is 0 Å². The summed E-state index contributed by atoms with van der Waals surface area (Å²) >= 11 is 0. The van der Waals surface area contributed by atoms with Gasteiger partial charge in [0.15, 0.2) is 0 Å². The van der Waals surface area contributed by atoms with Crippen LogP contribution in [0.15, 0.2) is 182 Å². The molecule has 0 aliphatic carbocycles. The van der Waals surface area contributed by atoms with E-state index in [1.165, 1.54) is 0 Å². The van der Waals surface area contributed by atoms with Crippen molar-refractivity contribution in [3.05, 3.63) is 215 Å². The first-order chi connectivity index (χ1) is 26.8. The van der Waals surface area contributed by atoms with Crippen LogP contribution in [0.5, 0.6) is 0 Å². The first-order valence-electron chi connectivity index (χ1n) is 18.7. The van der Waals surface area contributed by atoms with Gasteiger partial charge in [0.1, 0.15) is 24.4 Å². The molecule has 278 valence electrons. The van der Waals surface area contributed by atoms with Crippen LogP contribution in [0.3, 0.4) is 0 Å². The zero-order valence-electron chi connectivity index (χ0n) is 30.7. The van der Waals surface area contributed by atoms with Crippen molar-refractivity contribution in [1.29, 1.82) is 0 Å². The van der Waals surface area contributed by atoms with Gasteiger partial charge in [-0.2, -0.15) is 0 Å². The molecule has 0 unspecified atom stereocenters. The first-order valence-corrected chi connectivity index (χ1v) is 18.7. The highest BCUT2D eigenvalue weighted by molar-refractivity contribution is 5.17. The first kappa shape index (κ1) is 38.8. The van der Waals surface area contributed by atoms with E-state index in [0.717, 1.165) is 33.4 Å². The van der Waals surface area contributed by atoms with Gasteiger partial charge >= 0.3 is 0 Å². The van der Waals surface area contributed by atoms with Gasteiger partial charge in [0, 0.05) is 0 Å². The Labute approximate surface area is 320 Å². The molecule has 0 spiro atoms. The minimum Gasteiger partial charge on any atom is -0.374 e. The highest BCUT2D eigenvalue weighted by Gasteiger charge is 2.39. The number of hydrogen-bond acceptors (Lipinski definition) is 6. The summed E-state index contributed by atoms with van der Waals surface area (Å²) in [5, 5.41) is 0. The number of rotatable bonds is 23. The molecule has 0 amide bonds. The maximum absolute atomic E-state index is 6.96. The van der Waals surface area contributed by atoms with E-state index in [9.17, 15) is 0 Å². The second-order valence-electron chi connectivity index (χ2n) is 13.2. The summed E-state index contributed by atoms with van der Waals surface area (Å²) in [4.78, 5) is 0. The predicted octanol–water partition coefficient (Wildman–Crippen LogP) is 9.76. The molecule has 54 heavy (non-hydrogen) atoms. The van der Waals surface area contributed by atoms with Gasteiger partial charge in [-0.05, 0) is 33.4 Å². The third-order valence-electron chi connectivity index (χ3n) is 9.03. The van der Waals surface area contributed by atoms with Gasteiger partial charge in [0.2, 0.25) is 0 Å². The van der Waals surface area contributed by atoms with Gasteiger partial charge in [0.25, 0.3) is 0 Å². The summed E-state index contributed by atoms with van der Waals surface area (Å²) in [6, 6.07) is 61.0. The second-order valence-corrected chi connectivity index (χ2v) is 13.2. The van der Waals surface area contributed by atoms with Gasteiger partial charge in [-0.15, -0.1) is 0 Å². The SMILES string of the molecule is c1ccc(COC[C@H](OCc2ccccc2)[C@H](OCc2ccccc2)[C@@H](OCc2ccccc2)[C@H](COCc2ccccc2)OCc2ccccc2)cc1. The Hall–Kier alpha value is -4.92. The summed E-state index contributed by atoms with van der Waals surface area (Å²) in [5.74, 6) is 0. The molecule has 0 bridgehead atoms. The molecule has 0 saturated heterocycles. The van der Waals surface area contributed by atoms with Crippen LogP contribution in [0.2, 0.25) is 0 Å². The Morgan fingerprint density at radius 1 is 0.259 bits per heavy atom. The van der Waals surface area contributed by atoms with Crippen molar-refractivity contribution >= 4 is 0 Å². The van der Waals surface area contributed by atoms with E-state index in [2.05, 4.69) is 72.8 Å². The second kappa shape index (κ2) is 22.3. The molecule has 0 radical (unpaired) electrons. The monoisotopic (exact) mass is 722 g/mol. The fourth-order valence-corrected chi connectivity index (χ4v) is 6.13. The summed E-state index contributed by atoms with van der Waals surface area (Å²) in [7, 11) is 0. The molecular weight excluding hydrogens is 673 g/mol. The molecule has 0 N–H and O–H groups in total. The lowest BCUT2D eigenvalue weighted by atomic mass is 10.0. The third-order valence-corrected chi connectivity index (χ3v) is 9.03. The Morgan fingerprint density at radius 3 is 0.741 bits per heavy atom. The van der Waals surface area contributed by atoms with E-state index in [1.807, 2.05) is 109 Å². The molecule has 6 aromatic carbocycles. The van der Waals surface area contributed by atoms with Crippen molar-refractivity contribution in [2.24, 2.45) is 0 Å². The summed E-state index contributed by atoms with van der Waals surface area (Å²) in [6.45, 7) is 2.83. The molecule has 0 fully saturated rings. The van der Waals surface area contributed by atoms with E-state index in [4.69, 9.17) is 28.4 Å². The highest BCUT2D eigenvalue weighted by atomic mass is 16.6. The number of ether oxygens (including phenoxy) is 6. The molecule has 6 heteroatoms. The highest BCUT2D eigenvalue weighted by Crippen LogP contribution is 2.25. The van der Waals surface area contributed by atoms with Crippen LogP contribution in [0.1, 0.15) is 33.4 Å². The van der Waals surface area contributed by atoms with E-state index in [0.29, 0.717) is 39.6 Å². The third kappa shape index (κ3) is 13.2. The Bertz CT molecular complexity index is 1690. The average molecular weight is 723 g/mol. The van der Waals surface area contributed by atoms with Gasteiger partial charge in [-0.3, -0.25) is 0 Å². The zero-order valence-corrected chi connectivity index (χ0v) is 30.7. The van der Waals surface area contributed by atoms with Crippen LogP contribution in [0, 0.1) is 0 Å². The lowest BCUT2D eigenvalue weighted by molar-refractivity contribution is -0.208.